The van der Waals surface area contributed by atoms with E-state index < -0.39 is 5.82 Å². The topological polar surface area (TPSA) is 56.1 Å². The molecule has 0 bridgehead atoms. The van der Waals surface area contributed by atoms with Gasteiger partial charge in [0, 0.05) is 31.7 Å². The van der Waals surface area contributed by atoms with Crippen LogP contribution in [0.25, 0.3) is 0 Å². The average Bonchev–Trinajstić information content (AvgIpc) is 2.39. The van der Waals surface area contributed by atoms with Gasteiger partial charge in [0.1, 0.15) is 5.82 Å². The highest BCUT2D eigenvalue weighted by atomic mass is 19.1. The van der Waals surface area contributed by atoms with Crippen LogP contribution in [-0.4, -0.2) is 30.4 Å². The molecule has 0 spiro atoms. The molecule has 1 amide bonds. The number of nitrogens with one attached hydrogen (secondary N) is 1. The summed E-state index contributed by atoms with van der Waals surface area (Å²) in [6, 6.07) is 5.93. The number of nitrogens with zero attached hydrogens (tertiary/aromatic N) is 2. The van der Waals surface area contributed by atoms with Crippen LogP contribution in [0, 0.1) is 17.1 Å². The number of amides is 1. The molecule has 0 aliphatic heterocycles. The van der Waals surface area contributed by atoms with E-state index in [2.05, 4.69) is 5.32 Å². The fraction of sp³-hybridized carbons (Fsp3) is 0.429. The number of hydrogen-bond acceptors (Lipinski definition) is 3. The third-order valence-electron chi connectivity index (χ3n) is 2.81. The summed E-state index contributed by atoms with van der Waals surface area (Å²) in [6.07, 6.45) is 0.347. The Labute approximate surface area is 112 Å². The first kappa shape index (κ1) is 15.0. The van der Waals surface area contributed by atoms with Crippen LogP contribution in [0.2, 0.25) is 0 Å². The summed E-state index contributed by atoms with van der Waals surface area (Å²) in [7, 11) is 0. The van der Waals surface area contributed by atoms with Crippen molar-refractivity contribution in [1.29, 1.82) is 5.26 Å². The third kappa shape index (κ3) is 4.59. The molecule has 0 aliphatic rings. The highest BCUT2D eigenvalue weighted by molar-refractivity contribution is 5.76. The van der Waals surface area contributed by atoms with Crippen LogP contribution in [0.4, 0.5) is 10.1 Å². The summed E-state index contributed by atoms with van der Waals surface area (Å²) in [5.41, 5.74) is 0.779. The van der Waals surface area contributed by atoms with Crippen LogP contribution < -0.4 is 5.32 Å². The van der Waals surface area contributed by atoms with Gasteiger partial charge >= 0.3 is 0 Å². The first-order valence-corrected chi connectivity index (χ1v) is 6.33. The fourth-order valence-corrected chi connectivity index (χ4v) is 1.80. The molecule has 0 atom stereocenters. The molecule has 1 N–H and O–H groups in total. The maximum absolute atomic E-state index is 13.2. The Hall–Kier alpha value is -2.09. The van der Waals surface area contributed by atoms with Crippen LogP contribution in [0.1, 0.15) is 25.8 Å². The zero-order valence-electron chi connectivity index (χ0n) is 11.2. The lowest BCUT2D eigenvalue weighted by Gasteiger charge is -2.18. The molecule has 0 saturated carbocycles. The smallest absolute Gasteiger partial charge is 0.224 e. The molecule has 0 unspecified atom stereocenters. The van der Waals surface area contributed by atoms with E-state index in [0.717, 1.165) is 0 Å². The van der Waals surface area contributed by atoms with Gasteiger partial charge in [-0.1, -0.05) is 0 Å². The zero-order valence-corrected chi connectivity index (χ0v) is 11.2. The van der Waals surface area contributed by atoms with Gasteiger partial charge in [-0.15, -0.1) is 0 Å². The lowest BCUT2D eigenvalue weighted by molar-refractivity contribution is -0.130. The maximum Gasteiger partial charge on any atom is 0.224 e. The van der Waals surface area contributed by atoms with E-state index >= 15 is 0 Å². The summed E-state index contributed by atoms with van der Waals surface area (Å²) >= 11 is 0. The Morgan fingerprint density at radius 1 is 1.37 bits per heavy atom. The van der Waals surface area contributed by atoms with Gasteiger partial charge in [0.05, 0.1) is 11.6 Å². The third-order valence-corrected chi connectivity index (χ3v) is 2.81. The highest BCUT2D eigenvalue weighted by Crippen LogP contribution is 2.13. The van der Waals surface area contributed by atoms with Gasteiger partial charge in [-0.2, -0.15) is 5.26 Å². The van der Waals surface area contributed by atoms with E-state index in [-0.39, 0.29) is 11.5 Å². The molecule has 0 heterocycles. The first-order chi connectivity index (χ1) is 9.10. The van der Waals surface area contributed by atoms with Gasteiger partial charge < -0.3 is 10.2 Å². The lowest BCUT2D eigenvalue weighted by Crippen LogP contribution is -2.31. The second kappa shape index (κ2) is 7.37. The second-order valence-electron chi connectivity index (χ2n) is 4.08. The minimum Gasteiger partial charge on any atom is -0.384 e. The Morgan fingerprint density at radius 2 is 2.05 bits per heavy atom. The fourth-order valence-electron chi connectivity index (χ4n) is 1.80. The highest BCUT2D eigenvalue weighted by Gasteiger charge is 2.08. The van der Waals surface area contributed by atoms with Gasteiger partial charge in [0.25, 0.3) is 0 Å². The molecule has 1 aromatic carbocycles. The van der Waals surface area contributed by atoms with E-state index in [9.17, 15) is 9.18 Å². The quantitative estimate of drug-likeness (QED) is 0.857. The van der Waals surface area contributed by atoms with Gasteiger partial charge in [-0.05, 0) is 32.0 Å². The molecular formula is C14H18FN3O. The molecule has 4 nitrogen and oxygen atoms in total. The minimum atomic E-state index is -0.461. The monoisotopic (exact) mass is 263 g/mol. The van der Waals surface area contributed by atoms with Crippen molar-refractivity contribution in [2.24, 2.45) is 0 Å². The minimum absolute atomic E-state index is 0.0643. The van der Waals surface area contributed by atoms with E-state index in [4.69, 9.17) is 5.26 Å². The summed E-state index contributed by atoms with van der Waals surface area (Å²) in [4.78, 5) is 13.5. The molecule has 0 aliphatic carbocycles. The summed E-state index contributed by atoms with van der Waals surface area (Å²) < 4.78 is 13.2. The van der Waals surface area contributed by atoms with Crippen molar-refractivity contribution in [3.8, 4) is 6.07 Å². The van der Waals surface area contributed by atoms with E-state index in [1.54, 1.807) is 11.0 Å². The number of rotatable bonds is 6. The molecule has 1 aromatic rings. The van der Waals surface area contributed by atoms with E-state index in [1.807, 2.05) is 19.9 Å². The summed E-state index contributed by atoms with van der Waals surface area (Å²) in [5.74, 6) is -0.397. The Balaban J connectivity index is 2.52. The standard InChI is InChI=1S/C14H18FN3O/c1-3-18(4-2)14(19)5-6-17-13-8-11(10-16)7-12(15)9-13/h7-9,17H,3-6H2,1-2H3. The van der Waals surface area contributed by atoms with Gasteiger partial charge in [-0.25, -0.2) is 4.39 Å². The predicted molar refractivity (Wildman–Crippen MR) is 72.1 cm³/mol. The van der Waals surface area contributed by atoms with Gasteiger partial charge in [0.2, 0.25) is 5.91 Å². The van der Waals surface area contributed by atoms with Gasteiger partial charge in [-0.3, -0.25) is 4.79 Å². The zero-order chi connectivity index (χ0) is 14.3. The lowest BCUT2D eigenvalue weighted by atomic mass is 10.2. The maximum atomic E-state index is 13.2. The van der Waals surface area contributed by atoms with Crippen LogP contribution in [0.5, 0.6) is 0 Å². The number of anilines is 1. The number of carbonyl (C=O) groups excluding carboxylic acids is 1. The van der Waals surface area contributed by atoms with Crippen molar-refractivity contribution in [3.63, 3.8) is 0 Å². The number of nitriles is 1. The molecule has 0 aromatic heterocycles. The molecule has 102 valence electrons. The molecule has 19 heavy (non-hydrogen) atoms. The van der Waals surface area contributed by atoms with Crippen molar-refractivity contribution < 1.29 is 9.18 Å². The number of hydrogen-bond donors (Lipinski definition) is 1. The van der Waals surface area contributed by atoms with E-state index in [1.165, 1.54) is 12.1 Å². The predicted octanol–water partition coefficient (Wildman–Crippen LogP) is 2.37. The Bertz CT molecular complexity index is 478. The van der Waals surface area contributed by atoms with Crippen LogP contribution in [0.3, 0.4) is 0 Å². The van der Waals surface area contributed by atoms with Crippen molar-refractivity contribution in [1.82, 2.24) is 4.90 Å². The van der Waals surface area contributed by atoms with Gasteiger partial charge in [0.15, 0.2) is 0 Å². The number of carbonyl (C=O) groups is 1. The summed E-state index contributed by atoms with van der Waals surface area (Å²) in [6.45, 7) is 5.66. The summed E-state index contributed by atoms with van der Waals surface area (Å²) in [5, 5.41) is 11.7. The van der Waals surface area contributed by atoms with Crippen molar-refractivity contribution >= 4 is 11.6 Å². The SMILES string of the molecule is CCN(CC)C(=O)CCNc1cc(F)cc(C#N)c1. The largest absolute Gasteiger partial charge is 0.384 e. The molecule has 0 radical (unpaired) electrons. The van der Waals surface area contributed by atoms with Crippen LogP contribution in [-0.2, 0) is 4.79 Å². The average molecular weight is 263 g/mol. The number of benzene rings is 1. The second-order valence-corrected chi connectivity index (χ2v) is 4.08. The molecule has 0 fully saturated rings. The molecule has 1 rings (SSSR count). The molecule has 0 saturated heterocycles. The van der Waals surface area contributed by atoms with Crippen LogP contribution >= 0.6 is 0 Å². The molecular weight excluding hydrogens is 245 g/mol. The normalized spacial score (nSPS) is 9.79. The van der Waals surface area contributed by atoms with E-state index in [0.29, 0.717) is 31.7 Å². The molecule has 5 heteroatoms. The Kier molecular flexibility index (Phi) is 5.80. The van der Waals surface area contributed by atoms with Crippen LogP contribution in [0.15, 0.2) is 18.2 Å². The Morgan fingerprint density at radius 3 is 2.63 bits per heavy atom. The first-order valence-electron chi connectivity index (χ1n) is 6.33. The van der Waals surface area contributed by atoms with Crippen molar-refractivity contribution in [3.05, 3.63) is 29.6 Å². The number of halogens is 1. The van der Waals surface area contributed by atoms with Crippen molar-refractivity contribution in [2.75, 3.05) is 25.0 Å². The van der Waals surface area contributed by atoms with Crippen molar-refractivity contribution in [2.45, 2.75) is 20.3 Å².